The van der Waals surface area contributed by atoms with E-state index in [0.717, 1.165) is 16.7 Å². The van der Waals surface area contributed by atoms with E-state index in [0.29, 0.717) is 12.2 Å². The van der Waals surface area contributed by atoms with Gasteiger partial charge in [0.15, 0.2) is 6.61 Å². The molecule has 2 rings (SSSR count). The van der Waals surface area contributed by atoms with E-state index in [1.807, 2.05) is 59.7 Å². The van der Waals surface area contributed by atoms with Crippen molar-refractivity contribution in [1.29, 1.82) is 0 Å². The number of halogens is 1. The highest BCUT2D eigenvalue weighted by molar-refractivity contribution is 5.88. The van der Waals surface area contributed by atoms with Crippen LogP contribution in [0, 0.1) is 19.7 Å². The lowest BCUT2D eigenvalue weighted by atomic mass is 10.1. The second-order valence-electron chi connectivity index (χ2n) is 8.87. The molecule has 0 heterocycles. The number of benzene rings is 2. The van der Waals surface area contributed by atoms with Gasteiger partial charge in [0.2, 0.25) is 5.91 Å². The summed E-state index contributed by atoms with van der Waals surface area (Å²) in [7, 11) is 0. The number of carbonyl (C=O) groups excluding carboxylic acids is 2. The van der Waals surface area contributed by atoms with Crippen LogP contribution in [0.25, 0.3) is 0 Å². The number of hydrogen-bond acceptors (Lipinski definition) is 3. The zero-order valence-electron chi connectivity index (χ0n) is 19.3. The Hall–Kier alpha value is -2.89. The van der Waals surface area contributed by atoms with Crippen molar-refractivity contribution >= 4 is 11.8 Å². The summed E-state index contributed by atoms with van der Waals surface area (Å²) in [5.41, 5.74) is 2.28. The van der Waals surface area contributed by atoms with Crippen molar-refractivity contribution in [2.24, 2.45) is 0 Å². The molecule has 0 saturated carbocycles. The van der Waals surface area contributed by atoms with Crippen LogP contribution in [-0.2, 0) is 16.1 Å². The predicted molar refractivity (Wildman–Crippen MR) is 120 cm³/mol. The van der Waals surface area contributed by atoms with Gasteiger partial charge in [0.25, 0.3) is 5.91 Å². The highest BCUT2D eigenvalue weighted by Gasteiger charge is 2.31. The zero-order valence-corrected chi connectivity index (χ0v) is 19.3. The molecule has 2 amide bonds. The number of nitrogens with one attached hydrogen (secondary N) is 1. The first-order chi connectivity index (χ1) is 14.5. The summed E-state index contributed by atoms with van der Waals surface area (Å²) in [5.74, 6) is -0.238. The molecule has 2 aromatic rings. The Morgan fingerprint density at radius 2 is 1.74 bits per heavy atom. The second-order valence-corrected chi connectivity index (χ2v) is 8.87. The van der Waals surface area contributed by atoms with E-state index >= 15 is 0 Å². The van der Waals surface area contributed by atoms with Gasteiger partial charge in [-0.25, -0.2) is 4.39 Å². The Morgan fingerprint density at radius 1 is 1.10 bits per heavy atom. The van der Waals surface area contributed by atoms with Gasteiger partial charge in [-0.3, -0.25) is 9.59 Å². The third-order valence-electron chi connectivity index (χ3n) is 4.85. The Balaban J connectivity index is 2.26. The summed E-state index contributed by atoms with van der Waals surface area (Å²) in [6.07, 6.45) is 0.443. The maximum Gasteiger partial charge on any atom is 0.261 e. The molecule has 0 fully saturated rings. The standard InChI is InChI=1S/C25H33FN2O3/c1-7-21(24(30)27-25(4,5)6)28(15-19-10-12-20(26)13-11-19)23(29)16-31-22-14-17(2)8-9-18(22)3/h8-14,21H,7,15-16H2,1-6H3,(H,27,30). The van der Waals surface area contributed by atoms with Gasteiger partial charge < -0.3 is 15.0 Å². The van der Waals surface area contributed by atoms with Gasteiger partial charge in [-0.15, -0.1) is 0 Å². The molecule has 0 aromatic heterocycles. The molecule has 1 unspecified atom stereocenters. The lowest BCUT2D eigenvalue weighted by molar-refractivity contribution is -0.143. The van der Waals surface area contributed by atoms with E-state index < -0.39 is 11.6 Å². The zero-order chi connectivity index (χ0) is 23.2. The van der Waals surface area contributed by atoms with Crippen molar-refractivity contribution in [2.45, 2.75) is 66.1 Å². The number of ether oxygens (including phenoxy) is 1. The first-order valence-corrected chi connectivity index (χ1v) is 10.6. The van der Waals surface area contributed by atoms with Crippen LogP contribution in [0.4, 0.5) is 4.39 Å². The van der Waals surface area contributed by atoms with E-state index in [-0.39, 0.29) is 30.8 Å². The summed E-state index contributed by atoms with van der Waals surface area (Å²) in [6.45, 7) is 11.4. The molecule has 168 valence electrons. The fourth-order valence-electron chi connectivity index (χ4n) is 3.24. The molecule has 1 N–H and O–H groups in total. The Morgan fingerprint density at radius 3 is 2.32 bits per heavy atom. The van der Waals surface area contributed by atoms with E-state index in [1.165, 1.54) is 17.0 Å². The fourth-order valence-corrected chi connectivity index (χ4v) is 3.24. The van der Waals surface area contributed by atoms with Crippen molar-refractivity contribution in [3.63, 3.8) is 0 Å². The Labute approximate surface area is 184 Å². The number of rotatable bonds is 8. The monoisotopic (exact) mass is 428 g/mol. The molecule has 31 heavy (non-hydrogen) atoms. The highest BCUT2D eigenvalue weighted by atomic mass is 19.1. The minimum absolute atomic E-state index is 0.186. The normalized spacial score (nSPS) is 12.2. The molecule has 2 aromatic carbocycles. The minimum Gasteiger partial charge on any atom is -0.483 e. The third-order valence-corrected chi connectivity index (χ3v) is 4.85. The first-order valence-electron chi connectivity index (χ1n) is 10.6. The smallest absolute Gasteiger partial charge is 0.261 e. The van der Waals surface area contributed by atoms with Gasteiger partial charge >= 0.3 is 0 Å². The van der Waals surface area contributed by atoms with Crippen LogP contribution in [0.3, 0.4) is 0 Å². The molecule has 0 aliphatic carbocycles. The molecule has 0 aliphatic heterocycles. The van der Waals surface area contributed by atoms with Gasteiger partial charge in [-0.05, 0) is 75.9 Å². The van der Waals surface area contributed by atoms with Crippen LogP contribution in [0.1, 0.15) is 50.8 Å². The number of carbonyl (C=O) groups is 2. The van der Waals surface area contributed by atoms with Crippen LogP contribution < -0.4 is 10.1 Å². The average Bonchev–Trinajstić information content (AvgIpc) is 2.68. The summed E-state index contributed by atoms with van der Waals surface area (Å²) in [4.78, 5) is 27.7. The van der Waals surface area contributed by atoms with Gasteiger partial charge in [0, 0.05) is 12.1 Å². The van der Waals surface area contributed by atoms with Crippen molar-refractivity contribution < 1.29 is 18.7 Å². The molecule has 0 bridgehead atoms. The second kappa shape index (κ2) is 10.4. The van der Waals surface area contributed by atoms with E-state index in [2.05, 4.69) is 5.32 Å². The molecule has 6 heteroatoms. The van der Waals surface area contributed by atoms with Gasteiger partial charge in [-0.2, -0.15) is 0 Å². The van der Waals surface area contributed by atoms with Crippen LogP contribution in [0.2, 0.25) is 0 Å². The van der Waals surface area contributed by atoms with Crippen LogP contribution in [0.15, 0.2) is 42.5 Å². The molecular formula is C25H33FN2O3. The van der Waals surface area contributed by atoms with Gasteiger partial charge in [0.1, 0.15) is 17.6 Å². The third kappa shape index (κ3) is 7.39. The maximum absolute atomic E-state index is 13.3. The van der Waals surface area contributed by atoms with Crippen LogP contribution >= 0.6 is 0 Å². The summed E-state index contributed by atoms with van der Waals surface area (Å²) in [5, 5.41) is 2.96. The molecule has 0 radical (unpaired) electrons. The lowest BCUT2D eigenvalue weighted by Crippen LogP contribution is -2.54. The SMILES string of the molecule is CCC(C(=O)NC(C)(C)C)N(Cc1ccc(F)cc1)C(=O)COc1cc(C)ccc1C. The van der Waals surface area contributed by atoms with Crippen molar-refractivity contribution in [3.8, 4) is 5.75 Å². The Bertz CT molecular complexity index is 904. The fraction of sp³-hybridized carbons (Fsp3) is 0.440. The first kappa shape index (κ1) is 24.4. The topological polar surface area (TPSA) is 58.6 Å². The van der Waals surface area contributed by atoms with Gasteiger partial charge in [0.05, 0.1) is 0 Å². The average molecular weight is 429 g/mol. The number of nitrogens with zero attached hydrogens (tertiary/aromatic N) is 1. The molecule has 1 atom stereocenters. The van der Waals surface area contributed by atoms with E-state index in [1.54, 1.807) is 12.1 Å². The van der Waals surface area contributed by atoms with Gasteiger partial charge in [-0.1, -0.05) is 31.2 Å². The largest absolute Gasteiger partial charge is 0.483 e. The van der Waals surface area contributed by atoms with E-state index in [9.17, 15) is 14.0 Å². The quantitative estimate of drug-likeness (QED) is 0.671. The Kier molecular flexibility index (Phi) is 8.20. The summed E-state index contributed by atoms with van der Waals surface area (Å²) in [6, 6.07) is 11.1. The summed E-state index contributed by atoms with van der Waals surface area (Å²) < 4.78 is 19.1. The maximum atomic E-state index is 13.3. The number of hydrogen-bond donors (Lipinski definition) is 1. The molecule has 5 nitrogen and oxygen atoms in total. The van der Waals surface area contributed by atoms with Crippen molar-refractivity contribution in [2.75, 3.05) is 6.61 Å². The minimum atomic E-state index is -0.668. The molecule has 0 spiro atoms. The molecule has 0 saturated heterocycles. The van der Waals surface area contributed by atoms with Crippen molar-refractivity contribution in [1.82, 2.24) is 10.2 Å². The van der Waals surface area contributed by atoms with E-state index in [4.69, 9.17) is 4.74 Å². The lowest BCUT2D eigenvalue weighted by Gasteiger charge is -2.33. The number of aryl methyl sites for hydroxylation is 2. The van der Waals surface area contributed by atoms with Crippen LogP contribution in [0.5, 0.6) is 5.75 Å². The number of amides is 2. The molecule has 0 aliphatic rings. The van der Waals surface area contributed by atoms with Crippen LogP contribution in [-0.4, -0.2) is 34.9 Å². The van der Waals surface area contributed by atoms with Crippen molar-refractivity contribution in [3.05, 3.63) is 65.0 Å². The predicted octanol–water partition coefficient (Wildman–Crippen LogP) is 4.54. The summed E-state index contributed by atoms with van der Waals surface area (Å²) >= 11 is 0. The molecular weight excluding hydrogens is 395 g/mol. The highest BCUT2D eigenvalue weighted by Crippen LogP contribution is 2.20.